The number of carbonyl (C=O) groups excluding carboxylic acids is 2. The first-order valence-corrected chi connectivity index (χ1v) is 11.9. The number of aromatic nitrogens is 3. The highest BCUT2D eigenvalue weighted by molar-refractivity contribution is 6.36. The maximum absolute atomic E-state index is 13.5. The van der Waals surface area contributed by atoms with Crippen LogP contribution in [-0.4, -0.2) is 57.1 Å². The maximum Gasteiger partial charge on any atom is 0.255 e. The molecule has 2 aromatic carbocycles. The number of hydrogen-bond donors (Lipinski definition) is 4. The summed E-state index contributed by atoms with van der Waals surface area (Å²) in [6, 6.07) is 13.6. The van der Waals surface area contributed by atoms with Crippen molar-refractivity contribution < 1.29 is 19.4 Å². The number of aliphatic hydroxyl groups is 1. The van der Waals surface area contributed by atoms with Crippen molar-refractivity contribution >= 4 is 45.8 Å². The molecule has 1 aliphatic rings. The quantitative estimate of drug-likeness (QED) is 0.279. The van der Waals surface area contributed by atoms with Crippen LogP contribution in [0.2, 0.25) is 5.02 Å². The van der Waals surface area contributed by atoms with E-state index in [-0.39, 0.29) is 41.0 Å². The Morgan fingerprint density at radius 3 is 2.67 bits per heavy atom. The highest BCUT2D eigenvalue weighted by Crippen LogP contribution is 2.30. The fourth-order valence-corrected chi connectivity index (χ4v) is 4.49. The number of hydrogen-bond acceptors (Lipinski definition) is 7. The van der Waals surface area contributed by atoms with Crippen LogP contribution in [-0.2, 0) is 4.74 Å². The number of aliphatic hydroxyl groups excluding tert-OH is 1. The van der Waals surface area contributed by atoms with Crippen molar-refractivity contribution in [3.63, 3.8) is 0 Å². The minimum absolute atomic E-state index is 0.00355. The highest BCUT2D eigenvalue weighted by Gasteiger charge is 2.25. The molecule has 0 radical (unpaired) electrons. The summed E-state index contributed by atoms with van der Waals surface area (Å²) in [6.45, 7) is 0.419. The number of nitrogens with zero attached hydrogens (tertiary/aromatic N) is 2. The summed E-state index contributed by atoms with van der Waals surface area (Å²) < 4.78 is 5.66. The molecule has 5 rings (SSSR count). The third kappa shape index (κ3) is 4.94. The number of carbonyl (C=O) groups is 2. The van der Waals surface area contributed by atoms with Gasteiger partial charge in [-0.05, 0) is 43.2 Å². The Labute approximate surface area is 211 Å². The van der Waals surface area contributed by atoms with Crippen molar-refractivity contribution in [1.82, 2.24) is 15.0 Å². The van der Waals surface area contributed by atoms with E-state index in [0.717, 1.165) is 12.8 Å². The van der Waals surface area contributed by atoms with E-state index in [1.807, 2.05) is 6.07 Å². The molecule has 0 spiro atoms. The summed E-state index contributed by atoms with van der Waals surface area (Å²) in [5.41, 5.74) is 2.18. The standard InChI is InChI=1S/C26H24ClN5O4/c27-21-10-16(32-26(35)15-4-2-1-3-5-15)7-9-19(21)23(34)20-11-28-24-22(20)25(30-14-29-24)31-17-6-8-18(12-33)36-13-17/h1-5,7,9-11,14,17-18,33H,6,8,12-13H2,(H,32,35)(H2,28,29,30,31). The molecule has 0 bridgehead atoms. The summed E-state index contributed by atoms with van der Waals surface area (Å²) in [4.78, 5) is 37.6. The zero-order chi connectivity index (χ0) is 25.1. The molecule has 9 nitrogen and oxygen atoms in total. The van der Waals surface area contributed by atoms with Gasteiger partial charge in [-0.1, -0.05) is 29.8 Å². The van der Waals surface area contributed by atoms with Gasteiger partial charge in [-0.3, -0.25) is 9.59 Å². The molecule has 2 aromatic heterocycles. The molecule has 36 heavy (non-hydrogen) atoms. The number of fused-ring (bicyclic) bond motifs is 1. The lowest BCUT2D eigenvalue weighted by molar-refractivity contribution is -0.0224. The average Bonchev–Trinajstić information content (AvgIpc) is 3.35. The van der Waals surface area contributed by atoms with E-state index in [9.17, 15) is 14.7 Å². The van der Waals surface area contributed by atoms with Crippen LogP contribution in [0.3, 0.4) is 0 Å². The van der Waals surface area contributed by atoms with E-state index >= 15 is 0 Å². The lowest BCUT2D eigenvalue weighted by Crippen LogP contribution is -2.36. The molecule has 3 heterocycles. The van der Waals surface area contributed by atoms with Gasteiger partial charge in [-0.25, -0.2) is 9.97 Å². The number of anilines is 2. The molecule has 1 aliphatic heterocycles. The number of H-pyrrole nitrogens is 1. The second-order valence-electron chi connectivity index (χ2n) is 8.55. The van der Waals surface area contributed by atoms with Gasteiger partial charge < -0.3 is 25.5 Å². The van der Waals surface area contributed by atoms with E-state index in [2.05, 4.69) is 25.6 Å². The van der Waals surface area contributed by atoms with Crippen LogP contribution in [0.5, 0.6) is 0 Å². The number of nitrogens with one attached hydrogen (secondary N) is 3. The largest absolute Gasteiger partial charge is 0.394 e. The van der Waals surface area contributed by atoms with Crippen LogP contribution in [0, 0.1) is 0 Å². The molecule has 1 saturated heterocycles. The fourth-order valence-electron chi connectivity index (χ4n) is 4.22. The smallest absolute Gasteiger partial charge is 0.255 e. The minimum Gasteiger partial charge on any atom is -0.394 e. The maximum atomic E-state index is 13.5. The van der Waals surface area contributed by atoms with Gasteiger partial charge >= 0.3 is 0 Å². The summed E-state index contributed by atoms with van der Waals surface area (Å²) in [5.74, 6) is -0.0546. The van der Waals surface area contributed by atoms with Crippen molar-refractivity contribution in [3.8, 4) is 0 Å². The number of benzene rings is 2. The minimum atomic E-state index is -0.301. The molecule has 184 valence electrons. The monoisotopic (exact) mass is 505 g/mol. The molecular formula is C26H24ClN5O4. The topological polar surface area (TPSA) is 129 Å². The number of ketones is 1. The second kappa shape index (κ2) is 10.4. The lowest BCUT2D eigenvalue weighted by atomic mass is 10.0. The zero-order valence-electron chi connectivity index (χ0n) is 19.2. The molecule has 4 N–H and O–H groups in total. The van der Waals surface area contributed by atoms with E-state index in [4.69, 9.17) is 16.3 Å². The van der Waals surface area contributed by atoms with E-state index in [0.29, 0.717) is 40.3 Å². The number of amides is 1. The Balaban J connectivity index is 1.38. The first-order chi connectivity index (χ1) is 17.5. The fraction of sp³-hybridized carbons (Fsp3) is 0.231. The molecule has 2 unspecified atom stereocenters. The van der Waals surface area contributed by atoms with E-state index in [1.165, 1.54) is 6.33 Å². The summed E-state index contributed by atoms with van der Waals surface area (Å²) in [7, 11) is 0. The SMILES string of the molecule is O=C(Nc1ccc(C(=O)c2c[nH]c3ncnc(NC4CCC(CO)OC4)c23)c(Cl)c1)c1ccccc1. The van der Waals surface area contributed by atoms with Crippen LogP contribution in [0.15, 0.2) is 61.1 Å². The Kier molecular flexibility index (Phi) is 6.95. The first-order valence-electron chi connectivity index (χ1n) is 11.5. The molecule has 1 amide bonds. The van der Waals surface area contributed by atoms with Gasteiger partial charge in [-0.15, -0.1) is 0 Å². The molecule has 0 aliphatic carbocycles. The Morgan fingerprint density at radius 1 is 1.11 bits per heavy atom. The molecule has 2 atom stereocenters. The molecule has 0 saturated carbocycles. The summed E-state index contributed by atoms with van der Waals surface area (Å²) in [6.07, 6.45) is 4.39. The van der Waals surface area contributed by atoms with Crippen LogP contribution in [0.25, 0.3) is 11.0 Å². The molecule has 1 fully saturated rings. The Hall–Kier alpha value is -3.79. The Morgan fingerprint density at radius 2 is 1.94 bits per heavy atom. The van der Waals surface area contributed by atoms with Gasteiger partial charge in [0.2, 0.25) is 0 Å². The number of rotatable bonds is 7. The predicted molar refractivity (Wildman–Crippen MR) is 137 cm³/mol. The number of ether oxygens (including phenoxy) is 1. The van der Waals surface area contributed by atoms with Crippen molar-refractivity contribution in [2.75, 3.05) is 23.8 Å². The third-order valence-corrected chi connectivity index (χ3v) is 6.45. The number of aromatic amines is 1. The van der Waals surface area contributed by atoms with Crippen LogP contribution in [0.4, 0.5) is 11.5 Å². The van der Waals surface area contributed by atoms with Crippen LogP contribution in [0.1, 0.15) is 39.1 Å². The van der Waals surface area contributed by atoms with Crippen molar-refractivity contribution in [2.24, 2.45) is 0 Å². The summed E-state index contributed by atoms with van der Waals surface area (Å²) in [5, 5.41) is 16.2. The molecule has 4 aromatic rings. The first kappa shape index (κ1) is 23.9. The van der Waals surface area contributed by atoms with Crippen molar-refractivity contribution in [2.45, 2.75) is 25.0 Å². The van der Waals surface area contributed by atoms with Gasteiger partial charge in [0.15, 0.2) is 5.78 Å². The summed E-state index contributed by atoms with van der Waals surface area (Å²) >= 11 is 6.48. The van der Waals surface area contributed by atoms with Crippen molar-refractivity contribution in [3.05, 3.63) is 82.8 Å². The van der Waals surface area contributed by atoms with Crippen LogP contribution >= 0.6 is 11.6 Å². The third-order valence-electron chi connectivity index (χ3n) is 6.14. The van der Waals surface area contributed by atoms with Gasteiger partial charge in [0.25, 0.3) is 5.91 Å². The lowest BCUT2D eigenvalue weighted by Gasteiger charge is -2.29. The number of halogens is 1. The van der Waals surface area contributed by atoms with Gasteiger partial charge in [0.05, 0.1) is 41.3 Å². The molecular weight excluding hydrogens is 482 g/mol. The molecule has 10 heteroatoms. The Bertz CT molecular complexity index is 1400. The highest BCUT2D eigenvalue weighted by atomic mass is 35.5. The zero-order valence-corrected chi connectivity index (χ0v) is 20.0. The van der Waals surface area contributed by atoms with Crippen molar-refractivity contribution in [1.29, 1.82) is 0 Å². The average molecular weight is 506 g/mol. The van der Waals surface area contributed by atoms with Gasteiger partial charge in [0.1, 0.15) is 17.8 Å². The van der Waals surface area contributed by atoms with Crippen LogP contribution < -0.4 is 10.6 Å². The second-order valence-corrected chi connectivity index (χ2v) is 8.96. The van der Waals surface area contributed by atoms with Gasteiger partial charge in [-0.2, -0.15) is 0 Å². The van der Waals surface area contributed by atoms with Gasteiger partial charge in [0, 0.05) is 23.0 Å². The normalized spacial score (nSPS) is 17.6. The van der Waals surface area contributed by atoms with E-state index in [1.54, 1.807) is 48.7 Å². The predicted octanol–water partition coefficient (Wildman–Crippen LogP) is 4.05. The van der Waals surface area contributed by atoms with E-state index < -0.39 is 0 Å².